The Morgan fingerprint density at radius 1 is 0.263 bits per heavy atom. The van der Waals surface area contributed by atoms with E-state index in [0.29, 0.717) is 0 Å². The van der Waals surface area contributed by atoms with E-state index in [1.54, 1.807) is 0 Å². The van der Waals surface area contributed by atoms with E-state index < -0.39 is 5.41 Å². The van der Waals surface area contributed by atoms with Crippen LogP contribution in [0.4, 0.5) is 17.1 Å². The second kappa shape index (κ2) is 15.7. The molecule has 356 valence electrons. The highest BCUT2D eigenvalue weighted by Crippen LogP contribution is 2.66. The molecule has 17 rings (SSSR count). The predicted octanol–water partition coefficient (Wildman–Crippen LogP) is 20.2. The molecule has 0 aromatic heterocycles. The highest BCUT2D eigenvalue weighted by molar-refractivity contribution is 6.26. The maximum absolute atomic E-state index is 2.74. The molecular weight excluding hydrogens is 915 g/mol. The molecule has 4 aliphatic carbocycles. The maximum Gasteiger partial charge on any atom is 0.0726 e. The van der Waals surface area contributed by atoms with Gasteiger partial charge in [-0.3, -0.25) is 0 Å². The first-order valence-electron chi connectivity index (χ1n) is 27.5. The SMILES string of the molecule is c1ccc2c(c1)-c1cccc(N(c3ccc4c5ccccc5c5ccccc5c4c3)c3cc4c(cc3-c3cc5ccccc5c5ccccc35)-c3ccccc3C43c4ccccc4-c4ccccc43)c1C21CCCCC1. The molecule has 2 spiro atoms. The van der Waals surface area contributed by atoms with Crippen LogP contribution < -0.4 is 4.90 Å². The average Bonchev–Trinajstić information content (AvgIpc) is 4.26. The molecule has 0 unspecified atom stereocenters. The summed E-state index contributed by atoms with van der Waals surface area (Å²) in [6.45, 7) is 0. The van der Waals surface area contributed by atoms with Crippen LogP contribution in [0.3, 0.4) is 0 Å². The lowest BCUT2D eigenvalue weighted by Crippen LogP contribution is -2.30. The van der Waals surface area contributed by atoms with Gasteiger partial charge in [-0.1, -0.05) is 232 Å². The Kier molecular flexibility index (Phi) is 8.77. The largest absolute Gasteiger partial charge is 0.310 e. The standard InChI is InChI=1S/C75H51N/c1-18-41-74(42-19-1)66-34-14-10-31-59(66)61-33-20-38-71(73(61)74)76(48-39-40-56-53-26-6-5-24-51(53)52-25-7-9-28-55(52)63(56)44-48)72-46-70-64(45-65(72)62-43-47-21-2-3-22-49(47)50-23-4-8-27-54(50)62)60-32-13-17-37-69(60)75(70)67-35-15-11-29-57(67)58-30-12-16-36-68(58)75/h2-17,20-40,43-46H,1,18-19,41-42H2. The third-order valence-corrected chi connectivity index (χ3v) is 18.6. The van der Waals surface area contributed by atoms with Gasteiger partial charge in [0.25, 0.3) is 0 Å². The smallest absolute Gasteiger partial charge is 0.0726 e. The Labute approximate surface area is 443 Å². The zero-order valence-electron chi connectivity index (χ0n) is 42.2. The Morgan fingerprint density at radius 2 is 0.737 bits per heavy atom. The Bertz CT molecular complexity index is 4560. The zero-order valence-corrected chi connectivity index (χ0v) is 42.2. The van der Waals surface area contributed by atoms with Crippen molar-refractivity contribution in [1.82, 2.24) is 0 Å². The molecule has 0 N–H and O–H groups in total. The van der Waals surface area contributed by atoms with E-state index in [1.165, 1.54) is 162 Å². The first-order chi connectivity index (χ1) is 37.7. The predicted molar refractivity (Wildman–Crippen MR) is 320 cm³/mol. The molecule has 0 amide bonds. The molecule has 0 saturated heterocycles. The van der Waals surface area contributed by atoms with Gasteiger partial charge in [-0.2, -0.15) is 0 Å². The third kappa shape index (κ3) is 5.49. The van der Waals surface area contributed by atoms with Gasteiger partial charge in [0.2, 0.25) is 0 Å². The molecule has 0 atom stereocenters. The number of fused-ring (bicyclic) bond motifs is 24. The van der Waals surface area contributed by atoms with Gasteiger partial charge in [0, 0.05) is 16.7 Å². The minimum Gasteiger partial charge on any atom is -0.310 e. The van der Waals surface area contributed by atoms with Gasteiger partial charge in [-0.15, -0.1) is 0 Å². The normalized spacial score (nSPS) is 15.1. The van der Waals surface area contributed by atoms with Crippen LogP contribution in [0.5, 0.6) is 0 Å². The molecule has 1 fully saturated rings. The van der Waals surface area contributed by atoms with Crippen molar-refractivity contribution in [2.45, 2.75) is 42.9 Å². The first-order valence-corrected chi connectivity index (χ1v) is 27.5. The lowest BCUT2D eigenvalue weighted by atomic mass is 9.67. The van der Waals surface area contributed by atoms with Crippen LogP contribution in [-0.2, 0) is 10.8 Å². The van der Waals surface area contributed by atoms with Crippen molar-refractivity contribution in [3.63, 3.8) is 0 Å². The number of rotatable bonds is 4. The van der Waals surface area contributed by atoms with Gasteiger partial charge in [-0.25, -0.2) is 0 Å². The zero-order chi connectivity index (χ0) is 49.7. The van der Waals surface area contributed by atoms with E-state index in [1.807, 2.05) is 0 Å². The lowest BCUT2D eigenvalue weighted by Gasteiger charge is -2.40. The van der Waals surface area contributed by atoms with Gasteiger partial charge < -0.3 is 4.90 Å². The second-order valence-electron chi connectivity index (χ2n) is 22.0. The van der Waals surface area contributed by atoms with Crippen LogP contribution >= 0.6 is 0 Å². The van der Waals surface area contributed by atoms with Crippen LogP contribution in [-0.4, -0.2) is 0 Å². The molecule has 13 aromatic carbocycles. The monoisotopic (exact) mass is 965 g/mol. The molecule has 1 heteroatoms. The van der Waals surface area contributed by atoms with E-state index in [0.717, 1.165) is 18.5 Å². The maximum atomic E-state index is 2.74. The molecule has 1 saturated carbocycles. The van der Waals surface area contributed by atoms with Crippen LogP contribution in [0.25, 0.3) is 98.4 Å². The van der Waals surface area contributed by atoms with Crippen LogP contribution in [0.15, 0.2) is 249 Å². The summed E-state index contributed by atoms with van der Waals surface area (Å²) in [4.78, 5) is 2.74. The van der Waals surface area contributed by atoms with Gasteiger partial charge in [-0.05, 0) is 175 Å². The number of anilines is 3. The van der Waals surface area contributed by atoms with Gasteiger partial charge in [0.15, 0.2) is 0 Å². The summed E-state index contributed by atoms with van der Waals surface area (Å²) in [6.07, 6.45) is 5.96. The summed E-state index contributed by atoms with van der Waals surface area (Å²) < 4.78 is 0. The summed E-state index contributed by atoms with van der Waals surface area (Å²) in [5, 5.41) is 12.7. The van der Waals surface area contributed by atoms with E-state index in [4.69, 9.17) is 0 Å². The molecular formula is C75H51N. The molecule has 0 heterocycles. The van der Waals surface area contributed by atoms with Crippen LogP contribution in [0.2, 0.25) is 0 Å². The minimum atomic E-state index is -0.540. The summed E-state index contributed by atoms with van der Waals surface area (Å²) in [6, 6.07) is 95.8. The fourth-order valence-electron chi connectivity index (χ4n) is 15.6. The number of hydrogen-bond donors (Lipinski definition) is 0. The second-order valence-corrected chi connectivity index (χ2v) is 22.0. The third-order valence-electron chi connectivity index (χ3n) is 18.6. The summed E-state index contributed by atoms with van der Waals surface area (Å²) >= 11 is 0. The molecule has 0 radical (unpaired) electrons. The molecule has 0 bridgehead atoms. The van der Waals surface area contributed by atoms with Crippen molar-refractivity contribution >= 4 is 70.9 Å². The Balaban J connectivity index is 1.07. The number of hydrogen-bond acceptors (Lipinski definition) is 1. The Hall–Kier alpha value is -9.04. The van der Waals surface area contributed by atoms with Crippen LogP contribution in [0, 0.1) is 0 Å². The molecule has 1 nitrogen and oxygen atoms in total. The molecule has 4 aliphatic rings. The van der Waals surface area contributed by atoms with E-state index in [9.17, 15) is 0 Å². The molecule has 0 aliphatic heterocycles. The summed E-state index contributed by atoms with van der Waals surface area (Å²) in [5.74, 6) is 0. The summed E-state index contributed by atoms with van der Waals surface area (Å²) in [5.41, 5.74) is 21.8. The van der Waals surface area contributed by atoms with Crippen molar-refractivity contribution in [3.05, 3.63) is 282 Å². The van der Waals surface area contributed by atoms with Crippen molar-refractivity contribution < 1.29 is 0 Å². The minimum absolute atomic E-state index is 0.119. The quantitative estimate of drug-likeness (QED) is 0.159. The first kappa shape index (κ1) is 42.3. The highest BCUT2D eigenvalue weighted by Gasteiger charge is 2.53. The van der Waals surface area contributed by atoms with E-state index in [2.05, 4.69) is 254 Å². The fourth-order valence-corrected chi connectivity index (χ4v) is 15.6. The van der Waals surface area contributed by atoms with Gasteiger partial charge >= 0.3 is 0 Å². The number of benzene rings is 13. The van der Waals surface area contributed by atoms with Crippen molar-refractivity contribution in [1.29, 1.82) is 0 Å². The van der Waals surface area contributed by atoms with Gasteiger partial charge in [0.1, 0.15) is 0 Å². The Morgan fingerprint density at radius 3 is 1.37 bits per heavy atom. The van der Waals surface area contributed by atoms with Crippen molar-refractivity contribution in [3.8, 4) is 44.5 Å². The highest BCUT2D eigenvalue weighted by atomic mass is 15.2. The van der Waals surface area contributed by atoms with Gasteiger partial charge in [0.05, 0.1) is 16.8 Å². The van der Waals surface area contributed by atoms with Crippen molar-refractivity contribution in [2.24, 2.45) is 0 Å². The molecule has 76 heavy (non-hydrogen) atoms. The van der Waals surface area contributed by atoms with Crippen LogP contribution in [0.1, 0.15) is 65.5 Å². The number of nitrogens with zero attached hydrogens (tertiary/aromatic N) is 1. The summed E-state index contributed by atoms with van der Waals surface area (Å²) in [7, 11) is 0. The topological polar surface area (TPSA) is 3.24 Å². The van der Waals surface area contributed by atoms with Crippen molar-refractivity contribution in [2.75, 3.05) is 4.90 Å². The lowest BCUT2D eigenvalue weighted by molar-refractivity contribution is 0.353. The average molecular weight is 966 g/mol. The molecule has 13 aromatic rings. The van der Waals surface area contributed by atoms with E-state index in [-0.39, 0.29) is 5.41 Å². The fraction of sp³-hybridized carbons (Fsp3) is 0.0933. The van der Waals surface area contributed by atoms with E-state index >= 15 is 0 Å².